The Kier molecular flexibility index (Phi) is 12.2. The second-order valence-electron chi connectivity index (χ2n) is 10.0. The van der Waals surface area contributed by atoms with Crippen LogP contribution in [-0.2, 0) is 33.3 Å². The number of aliphatic hydroxyl groups is 1. The number of carbonyl (C=O) groups excluding carboxylic acids is 4. The van der Waals surface area contributed by atoms with Crippen molar-refractivity contribution in [3.63, 3.8) is 0 Å². The molecule has 7 atom stereocenters. The van der Waals surface area contributed by atoms with Crippen molar-refractivity contribution in [2.45, 2.75) is 64.6 Å². The summed E-state index contributed by atoms with van der Waals surface area (Å²) in [6.45, 7) is 6.86. The van der Waals surface area contributed by atoms with Gasteiger partial charge in [0.1, 0.15) is 6.10 Å². The van der Waals surface area contributed by atoms with Crippen LogP contribution in [0.2, 0.25) is 0 Å². The van der Waals surface area contributed by atoms with E-state index >= 15 is 0 Å². The molecule has 11 heteroatoms. The highest BCUT2D eigenvalue weighted by molar-refractivity contribution is 6.22. The molecule has 4 N–H and O–H groups in total. The smallest absolute Gasteiger partial charge is 0.405 e. The van der Waals surface area contributed by atoms with Gasteiger partial charge in [0, 0.05) is 44.5 Å². The maximum atomic E-state index is 13.3. The summed E-state index contributed by atoms with van der Waals surface area (Å²) in [5.74, 6) is -2.44. The lowest BCUT2D eigenvalue weighted by atomic mass is 9.84. The van der Waals surface area contributed by atoms with Crippen molar-refractivity contribution in [3.8, 4) is 0 Å². The number of primary amides is 1. The van der Waals surface area contributed by atoms with E-state index in [4.69, 9.17) is 24.7 Å². The first-order valence-corrected chi connectivity index (χ1v) is 12.9. The molecular formula is C29H40N2O9. The summed E-state index contributed by atoms with van der Waals surface area (Å²) in [4.78, 5) is 50.4. The van der Waals surface area contributed by atoms with E-state index in [9.17, 15) is 24.3 Å². The van der Waals surface area contributed by atoms with Crippen LogP contribution < -0.4 is 11.1 Å². The minimum Gasteiger partial charge on any atom is -0.439 e. The fourth-order valence-corrected chi connectivity index (χ4v) is 4.86. The summed E-state index contributed by atoms with van der Waals surface area (Å²) < 4.78 is 22.1. The number of nitrogens with two attached hydrogens (primary N) is 1. The zero-order valence-electron chi connectivity index (χ0n) is 24.0. The third-order valence-electron chi connectivity index (χ3n) is 7.04. The summed E-state index contributed by atoms with van der Waals surface area (Å²) in [5.41, 5.74) is 6.06. The molecule has 1 heterocycles. The number of carbonyl (C=O) groups is 4. The van der Waals surface area contributed by atoms with Gasteiger partial charge >= 0.3 is 6.09 Å². The van der Waals surface area contributed by atoms with Crippen molar-refractivity contribution >= 4 is 23.6 Å². The van der Waals surface area contributed by atoms with Crippen LogP contribution in [0.1, 0.15) is 34.1 Å². The molecule has 2 bridgehead atoms. The van der Waals surface area contributed by atoms with Gasteiger partial charge in [0.05, 0.1) is 24.0 Å². The van der Waals surface area contributed by atoms with Crippen molar-refractivity contribution in [2.24, 2.45) is 17.6 Å². The van der Waals surface area contributed by atoms with Gasteiger partial charge in [0.15, 0.2) is 11.9 Å². The Morgan fingerprint density at radius 1 is 1.02 bits per heavy atom. The molecule has 220 valence electrons. The van der Waals surface area contributed by atoms with Gasteiger partial charge < -0.3 is 35.1 Å². The van der Waals surface area contributed by atoms with Gasteiger partial charge in [-0.05, 0) is 37.8 Å². The summed E-state index contributed by atoms with van der Waals surface area (Å²) >= 11 is 0. The highest BCUT2D eigenvalue weighted by Crippen LogP contribution is 2.29. The second kappa shape index (κ2) is 14.8. The summed E-state index contributed by atoms with van der Waals surface area (Å²) in [7, 11) is 4.31. The van der Waals surface area contributed by atoms with Crippen LogP contribution in [0.15, 0.2) is 58.9 Å². The average Bonchev–Trinajstić information content (AvgIpc) is 2.90. The van der Waals surface area contributed by atoms with Gasteiger partial charge in [-0.15, -0.1) is 0 Å². The first-order chi connectivity index (χ1) is 18.8. The van der Waals surface area contributed by atoms with Gasteiger partial charge in [0.25, 0.3) is 5.91 Å². The number of nitrogens with one attached hydrogen (secondary N) is 1. The largest absolute Gasteiger partial charge is 0.439 e. The molecule has 0 spiro atoms. The molecule has 0 aromatic carbocycles. The zero-order valence-corrected chi connectivity index (χ0v) is 24.0. The Bertz CT molecular complexity index is 1130. The normalized spacial score (nSPS) is 31.0. The number of ketones is 2. The molecule has 2 aliphatic rings. The topological polar surface area (TPSA) is 163 Å². The molecule has 0 fully saturated rings. The third-order valence-corrected chi connectivity index (χ3v) is 7.04. The Hall–Kier alpha value is -3.38. The molecule has 40 heavy (non-hydrogen) atoms. The SMILES string of the molecule is COC1C=CC=C(C)C(=O)NC2=CC(=O)C=C(C2=O)C(OC)C(C)CC(OC)C(O)C(C)C=C(C)C1OC(N)=O. The van der Waals surface area contributed by atoms with Crippen molar-refractivity contribution in [1.29, 1.82) is 0 Å². The van der Waals surface area contributed by atoms with Gasteiger partial charge in [0.2, 0.25) is 5.78 Å². The van der Waals surface area contributed by atoms with Crippen molar-refractivity contribution in [1.82, 2.24) is 5.32 Å². The number of aliphatic hydroxyl groups excluding tert-OH is 1. The molecular weight excluding hydrogens is 520 g/mol. The first kappa shape index (κ1) is 32.8. The van der Waals surface area contributed by atoms with E-state index in [-0.39, 0.29) is 29.2 Å². The number of Topliss-reactive ketones (excluding diaryl/α,β-unsaturated/α-hetero) is 1. The number of fused-ring (bicyclic) bond motifs is 2. The van der Waals surface area contributed by atoms with Crippen LogP contribution in [0.5, 0.6) is 0 Å². The molecule has 0 saturated heterocycles. The van der Waals surface area contributed by atoms with E-state index in [0.717, 1.165) is 6.08 Å². The van der Waals surface area contributed by atoms with Crippen LogP contribution in [0.25, 0.3) is 0 Å². The second-order valence-corrected chi connectivity index (χ2v) is 10.0. The van der Waals surface area contributed by atoms with Crippen molar-refractivity contribution in [2.75, 3.05) is 21.3 Å². The fraction of sp³-hybridized carbons (Fsp3) is 0.517. The standard InChI is InChI=1S/C29H40N2O9/c1-15-9-8-10-22(37-5)27(40-29(30)36)17(3)11-16(2)24(33)23(38-6)12-18(4)26(39-7)20-13-19(32)14-21(25(20)34)31-28(15)35/h8-11,13-14,16,18,22-24,26-27,33H,12H2,1-7H3,(H2,30,36)(H,31,35). The number of methoxy groups -OCH3 is 3. The molecule has 11 nitrogen and oxygen atoms in total. The Morgan fingerprint density at radius 3 is 2.27 bits per heavy atom. The average molecular weight is 561 g/mol. The Balaban J connectivity index is 2.62. The lowest BCUT2D eigenvalue weighted by molar-refractivity contribution is -0.120. The number of amides is 2. The summed E-state index contributed by atoms with van der Waals surface area (Å²) in [5, 5.41) is 13.7. The van der Waals surface area contributed by atoms with E-state index in [2.05, 4.69) is 5.32 Å². The first-order valence-electron chi connectivity index (χ1n) is 12.9. The van der Waals surface area contributed by atoms with Gasteiger partial charge in [-0.25, -0.2) is 4.79 Å². The fourth-order valence-electron chi connectivity index (χ4n) is 4.86. The predicted molar refractivity (Wildman–Crippen MR) is 147 cm³/mol. The summed E-state index contributed by atoms with van der Waals surface area (Å²) in [6.07, 6.45) is 3.68. The lowest BCUT2D eigenvalue weighted by Gasteiger charge is -2.32. The molecule has 1 aliphatic carbocycles. The monoisotopic (exact) mass is 560 g/mol. The van der Waals surface area contributed by atoms with E-state index in [0.29, 0.717) is 5.57 Å². The Labute approximate surface area is 234 Å². The molecule has 0 saturated carbocycles. The predicted octanol–water partition coefficient (Wildman–Crippen LogP) is 2.06. The van der Waals surface area contributed by atoms with Gasteiger partial charge in [-0.3, -0.25) is 14.4 Å². The number of rotatable bonds is 4. The Morgan fingerprint density at radius 2 is 1.70 bits per heavy atom. The maximum Gasteiger partial charge on any atom is 0.405 e. The molecule has 2 rings (SSSR count). The number of allylic oxidation sites excluding steroid dienone is 5. The molecule has 2 amide bonds. The van der Waals surface area contributed by atoms with Crippen molar-refractivity contribution < 1.29 is 43.2 Å². The third kappa shape index (κ3) is 8.31. The molecule has 7 unspecified atom stereocenters. The minimum atomic E-state index is -1.01. The van der Waals surface area contributed by atoms with Crippen molar-refractivity contribution in [3.05, 3.63) is 58.9 Å². The van der Waals surface area contributed by atoms with E-state index in [1.165, 1.54) is 46.5 Å². The number of hydrogen-bond donors (Lipinski definition) is 3. The summed E-state index contributed by atoms with van der Waals surface area (Å²) in [6, 6.07) is 0. The van der Waals surface area contributed by atoms with Gasteiger partial charge in [-0.2, -0.15) is 0 Å². The van der Waals surface area contributed by atoms with Gasteiger partial charge in [-0.1, -0.05) is 38.2 Å². The van der Waals surface area contributed by atoms with Crippen LogP contribution in [0.4, 0.5) is 4.79 Å². The number of hydrogen-bond acceptors (Lipinski definition) is 9. The van der Waals surface area contributed by atoms with E-state index in [1.54, 1.807) is 26.0 Å². The zero-order chi connectivity index (χ0) is 30.1. The highest BCUT2D eigenvalue weighted by atomic mass is 16.6. The molecule has 0 aromatic rings. The minimum absolute atomic E-state index is 0.0970. The highest BCUT2D eigenvalue weighted by Gasteiger charge is 2.35. The maximum absolute atomic E-state index is 13.3. The molecule has 0 radical (unpaired) electrons. The molecule has 1 aliphatic heterocycles. The molecule has 0 aromatic heterocycles. The van der Waals surface area contributed by atoms with Crippen LogP contribution in [0.3, 0.4) is 0 Å². The van der Waals surface area contributed by atoms with E-state index < -0.39 is 60.0 Å². The van der Waals surface area contributed by atoms with Crippen LogP contribution >= 0.6 is 0 Å². The lowest BCUT2D eigenvalue weighted by Crippen LogP contribution is -2.40. The van der Waals surface area contributed by atoms with Crippen LogP contribution in [0, 0.1) is 11.8 Å². The van der Waals surface area contributed by atoms with E-state index in [1.807, 2.05) is 6.92 Å². The number of ether oxygens (including phenoxy) is 4. The van der Waals surface area contributed by atoms with Crippen LogP contribution in [-0.4, -0.2) is 80.5 Å². The quantitative estimate of drug-likeness (QED) is 0.345.